The molecule has 2 fully saturated rings. The van der Waals surface area contributed by atoms with E-state index < -0.39 is 0 Å². The third-order valence-electron chi connectivity index (χ3n) is 5.07. The zero-order valence-electron chi connectivity index (χ0n) is 8.11. The van der Waals surface area contributed by atoms with E-state index in [-0.39, 0.29) is 0 Å². The maximum atomic E-state index is 2.48. The first-order valence-electron chi connectivity index (χ1n) is 5.23. The van der Waals surface area contributed by atoms with Crippen molar-refractivity contribution in [3.8, 4) is 0 Å². The molecule has 0 amide bonds. The first kappa shape index (κ1) is 7.64. The average molecular weight is 152 g/mol. The van der Waals surface area contributed by atoms with Gasteiger partial charge in [0.1, 0.15) is 0 Å². The molecule has 0 radical (unpaired) electrons. The summed E-state index contributed by atoms with van der Waals surface area (Å²) in [5, 5.41) is 0. The van der Waals surface area contributed by atoms with Gasteiger partial charge in [0.05, 0.1) is 0 Å². The zero-order chi connectivity index (χ0) is 8.11. The lowest BCUT2D eigenvalue weighted by atomic mass is 9.92. The summed E-state index contributed by atoms with van der Waals surface area (Å²) in [4.78, 5) is 0. The number of rotatable bonds is 2. The molecular weight excluding hydrogens is 132 g/mol. The molecule has 2 aliphatic rings. The summed E-state index contributed by atoms with van der Waals surface area (Å²) >= 11 is 0. The van der Waals surface area contributed by atoms with Crippen LogP contribution in [0.25, 0.3) is 0 Å². The minimum Gasteiger partial charge on any atom is -0.0648 e. The van der Waals surface area contributed by atoms with E-state index in [0.29, 0.717) is 0 Å². The summed E-state index contributed by atoms with van der Waals surface area (Å²) in [6.07, 6.45) is 7.42. The van der Waals surface area contributed by atoms with Gasteiger partial charge in [0.2, 0.25) is 0 Å². The molecule has 11 heavy (non-hydrogen) atoms. The van der Waals surface area contributed by atoms with Crippen molar-refractivity contribution in [2.75, 3.05) is 0 Å². The monoisotopic (exact) mass is 152 g/mol. The molecule has 0 aromatic carbocycles. The minimum atomic E-state index is 0.807. The van der Waals surface area contributed by atoms with Crippen molar-refractivity contribution < 1.29 is 0 Å². The third-order valence-corrected chi connectivity index (χ3v) is 5.07. The van der Waals surface area contributed by atoms with Crippen LogP contribution < -0.4 is 0 Å². The molecule has 2 rings (SSSR count). The van der Waals surface area contributed by atoms with Crippen LogP contribution in [0.15, 0.2) is 0 Å². The molecule has 0 nitrogen and oxygen atoms in total. The quantitative estimate of drug-likeness (QED) is 0.567. The molecule has 0 aromatic heterocycles. The maximum absolute atomic E-state index is 2.48. The van der Waals surface area contributed by atoms with Crippen LogP contribution in [0.3, 0.4) is 0 Å². The standard InChI is InChI=1S/C11H20/c1-4-10-7-6-8-11(10,5-2)9(10)3/h9H,4-8H2,1-3H3. The molecule has 0 aromatic rings. The Morgan fingerprint density at radius 1 is 1.09 bits per heavy atom. The van der Waals surface area contributed by atoms with Crippen LogP contribution in [0.5, 0.6) is 0 Å². The molecule has 0 spiro atoms. The largest absolute Gasteiger partial charge is 0.0648 e. The van der Waals surface area contributed by atoms with Gasteiger partial charge in [-0.15, -0.1) is 0 Å². The Morgan fingerprint density at radius 3 is 1.82 bits per heavy atom. The van der Waals surface area contributed by atoms with Crippen molar-refractivity contribution in [2.45, 2.75) is 52.9 Å². The van der Waals surface area contributed by atoms with Gasteiger partial charge in [-0.2, -0.15) is 0 Å². The van der Waals surface area contributed by atoms with Gasteiger partial charge in [-0.05, 0) is 42.4 Å². The molecular formula is C11H20. The van der Waals surface area contributed by atoms with Gasteiger partial charge in [0.15, 0.2) is 0 Å². The molecule has 0 saturated heterocycles. The molecule has 2 unspecified atom stereocenters. The van der Waals surface area contributed by atoms with Crippen LogP contribution in [-0.4, -0.2) is 0 Å². The topological polar surface area (TPSA) is 0 Å². The Kier molecular flexibility index (Phi) is 1.41. The van der Waals surface area contributed by atoms with E-state index in [1.165, 1.54) is 32.1 Å². The maximum Gasteiger partial charge on any atom is -0.0210 e. The minimum absolute atomic E-state index is 0.807. The van der Waals surface area contributed by atoms with Crippen molar-refractivity contribution in [1.82, 2.24) is 0 Å². The molecule has 0 heteroatoms. The summed E-state index contributed by atoms with van der Waals surface area (Å²) in [6.45, 7) is 7.25. The van der Waals surface area contributed by atoms with Crippen LogP contribution in [0.4, 0.5) is 0 Å². The van der Waals surface area contributed by atoms with Crippen molar-refractivity contribution in [2.24, 2.45) is 16.7 Å². The number of hydrogen-bond acceptors (Lipinski definition) is 0. The first-order chi connectivity index (χ1) is 5.23. The molecule has 0 N–H and O–H groups in total. The summed E-state index contributed by atoms with van der Waals surface area (Å²) in [5.74, 6) is 1.04. The third kappa shape index (κ3) is 0.588. The van der Waals surface area contributed by atoms with Gasteiger partial charge in [-0.3, -0.25) is 0 Å². The summed E-state index contributed by atoms with van der Waals surface area (Å²) < 4.78 is 0. The fourth-order valence-electron chi connectivity index (χ4n) is 4.30. The molecule has 0 heterocycles. The van der Waals surface area contributed by atoms with Crippen molar-refractivity contribution in [3.63, 3.8) is 0 Å². The molecule has 0 bridgehead atoms. The van der Waals surface area contributed by atoms with Crippen LogP contribution in [0, 0.1) is 16.7 Å². The van der Waals surface area contributed by atoms with E-state index in [4.69, 9.17) is 0 Å². The highest BCUT2D eigenvalue weighted by Gasteiger charge is 2.72. The van der Waals surface area contributed by atoms with Gasteiger partial charge in [-0.25, -0.2) is 0 Å². The molecule has 64 valence electrons. The average Bonchev–Trinajstić information content (AvgIpc) is 2.45. The Hall–Kier alpha value is 0. The zero-order valence-corrected chi connectivity index (χ0v) is 8.11. The summed E-state index contributed by atoms with van der Waals surface area (Å²) in [5.41, 5.74) is 1.61. The lowest BCUT2D eigenvalue weighted by molar-refractivity contribution is 0.367. The predicted octanol–water partition coefficient (Wildman–Crippen LogP) is 3.61. The van der Waals surface area contributed by atoms with E-state index in [9.17, 15) is 0 Å². The Morgan fingerprint density at radius 2 is 1.55 bits per heavy atom. The normalized spacial score (nSPS) is 54.3. The molecule has 2 aliphatic carbocycles. The van der Waals surface area contributed by atoms with Gasteiger partial charge < -0.3 is 0 Å². The van der Waals surface area contributed by atoms with E-state index in [1.807, 2.05) is 0 Å². The fraction of sp³-hybridized carbons (Fsp3) is 1.00. The fourth-order valence-corrected chi connectivity index (χ4v) is 4.30. The van der Waals surface area contributed by atoms with Crippen LogP contribution >= 0.6 is 0 Å². The van der Waals surface area contributed by atoms with Crippen LogP contribution in [0.2, 0.25) is 0 Å². The van der Waals surface area contributed by atoms with Crippen molar-refractivity contribution in [3.05, 3.63) is 0 Å². The summed E-state index contributed by atoms with van der Waals surface area (Å²) in [6, 6.07) is 0. The highest BCUT2D eigenvalue weighted by molar-refractivity contribution is 5.21. The Labute approximate surface area is 70.4 Å². The van der Waals surface area contributed by atoms with E-state index >= 15 is 0 Å². The van der Waals surface area contributed by atoms with Crippen molar-refractivity contribution in [1.29, 1.82) is 0 Å². The Balaban J connectivity index is 2.24. The predicted molar refractivity (Wildman–Crippen MR) is 48.5 cm³/mol. The second-order valence-corrected chi connectivity index (χ2v) is 4.59. The molecule has 2 saturated carbocycles. The van der Waals surface area contributed by atoms with Crippen LogP contribution in [-0.2, 0) is 0 Å². The van der Waals surface area contributed by atoms with Crippen molar-refractivity contribution >= 4 is 0 Å². The lowest BCUT2D eigenvalue weighted by Gasteiger charge is -2.13. The van der Waals surface area contributed by atoms with E-state index in [0.717, 1.165) is 16.7 Å². The van der Waals surface area contributed by atoms with Gasteiger partial charge in [0, 0.05) is 0 Å². The molecule has 0 aliphatic heterocycles. The number of fused-ring (bicyclic) bond motifs is 1. The van der Waals surface area contributed by atoms with E-state index in [1.54, 1.807) is 0 Å². The Bertz CT molecular complexity index is 155. The highest BCUT2D eigenvalue weighted by atomic mass is 14.8. The van der Waals surface area contributed by atoms with Gasteiger partial charge in [0.25, 0.3) is 0 Å². The first-order valence-corrected chi connectivity index (χ1v) is 5.23. The van der Waals surface area contributed by atoms with Gasteiger partial charge in [-0.1, -0.05) is 27.2 Å². The summed E-state index contributed by atoms with van der Waals surface area (Å²) in [7, 11) is 0. The van der Waals surface area contributed by atoms with Gasteiger partial charge >= 0.3 is 0 Å². The molecule has 2 atom stereocenters. The second-order valence-electron chi connectivity index (χ2n) is 4.59. The SMILES string of the molecule is CCC12CCCC1(CC)C2C. The highest BCUT2D eigenvalue weighted by Crippen LogP contribution is 2.80. The lowest BCUT2D eigenvalue weighted by Crippen LogP contribution is -2.04. The second kappa shape index (κ2) is 2.02. The van der Waals surface area contributed by atoms with Crippen LogP contribution in [0.1, 0.15) is 52.9 Å². The van der Waals surface area contributed by atoms with E-state index in [2.05, 4.69) is 20.8 Å². The number of hydrogen-bond donors (Lipinski definition) is 0. The smallest absolute Gasteiger partial charge is 0.0210 e.